The highest BCUT2D eigenvalue weighted by molar-refractivity contribution is 14.0. The smallest absolute Gasteiger partial charge is 0.223 e. The van der Waals surface area contributed by atoms with Crippen LogP contribution >= 0.6 is 24.0 Å². The molecule has 0 heterocycles. The Hall–Kier alpha value is -1.31. The minimum atomic E-state index is -0.00165. The van der Waals surface area contributed by atoms with Crippen molar-refractivity contribution in [2.75, 3.05) is 34.2 Å². The lowest BCUT2D eigenvalue weighted by Gasteiger charge is -2.26. The third-order valence-electron chi connectivity index (χ3n) is 3.61. The van der Waals surface area contributed by atoms with Gasteiger partial charge in [0.25, 0.3) is 0 Å². The number of hydrogen-bond donors (Lipinski definition) is 2. The molecule has 6 heteroatoms. The van der Waals surface area contributed by atoms with Crippen molar-refractivity contribution in [3.63, 3.8) is 0 Å². The summed E-state index contributed by atoms with van der Waals surface area (Å²) in [6, 6.07) is 10.4. The van der Waals surface area contributed by atoms with Crippen LogP contribution in [0.25, 0.3) is 0 Å². The number of nitrogens with one attached hydrogen (secondary N) is 2. The monoisotopic (exact) mass is 432 g/mol. The Kier molecular flexibility index (Phi) is 9.87. The molecular formula is C17H29IN4O. The summed E-state index contributed by atoms with van der Waals surface area (Å²) in [6.07, 6.45) is 0.454. The minimum Gasteiger partial charge on any atom is -0.356 e. The molecule has 23 heavy (non-hydrogen) atoms. The fourth-order valence-corrected chi connectivity index (χ4v) is 2.03. The van der Waals surface area contributed by atoms with E-state index in [4.69, 9.17) is 0 Å². The van der Waals surface area contributed by atoms with Crippen molar-refractivity contribution in [2.45, 2.75) is 25.7 Å². The SMILES string of the molecule is CN=C(NCCC(=O)N(C)C)NCC(C)(C)c1ccccc1.I. The third kappa shape index (κ3) is 7.67. The molecule has 5 nitrogen and oxygen atoms in total. The van der Waals surface area contributed by atoms with E-state index in [2.05, 4.69) is 53.7 Å². The van der Waals surface area contributed by atoms with E-state index in [0.717, 1.165) is 12.5 Å². The van der Waals surface area contributed by atoms with Gasteiger partial charge in [-0.05, 0) is 5.56 Å². The number of nitrogens with zero attached hydrogens (tertiary/aromatic N) is 2. The topological polar surface area (TPSA) is 56.7 Å². The highest BCUT2D eigenvalue weighted by Crippen LogP contribution is 2.21. The molecule has 1 aromatic carbocycles. The maximum atomic E-state index is 11.5. The summed E-state index contributed by atoms with van der Waals surface area (Å²) in [4.78, 5) is 17.3. The van der Waals surface area contributed by atoms with Gasteiger partial charge in [-0.25, -0.2) is 0 Å². The van der Waals surface area contributed by atoms with Crippen LogP contribution in [-0.4, -0.2) is 51.0 Å². The first-order chi connectivity index (χ1) is 10.4. The molecule has 1 amide bonds. The van der Waals surface area contributed by atoms with Crippen LogP contribution in [0.3, 0.4) is 0 Å². The molecule has 0 bridgehead atoms. The standard InChI is InChI=1S/C17H28N4O.HI/c1-17(2,14-9-7-6-8-10-14)13-20-16(18-3)19-12-11-15(22)21(4)5;/h6-10H,11-13H2,1-5H3,(H2,18,19,20);1H. The summed E-state index contributed by atoms with van der Waals surface area (Å²) in [5.74, 6) is 0.822. The first-order valence-electron chi connectivity index (χ1n) is 7.57. The van der Waals surface area contributed by atoms with E-state index in [-0.39, 0.29) is 35.3 Å². The molecule has 0 fully saturated rings. The van der Waals surface area contributed by atoms with Crippen molar-refractivity contribution in [1.82, 2.24) is 15.5 Å². The zero-order valence-electron chi connectivity index (χ0n) is 14.7. The van der Waals surface area contributed by atoms with E-state index in [0.29, 0.717) is 13.0 Å². The van der Waals surface area contributed by atoms with Crippen molar-refractivity contribution < 1.29 is 4.79 Å². The number of carbonyl (C=O) groups excluding carboxylic acids is 1. The van der Waals surface area contributed by atoms with Gasteiger partial charge < -0.3 is 15.5 Å². The molecule has 130 valence electrons. The van der Waals surface area contributed by atoms with E-state index >= 15 is 0 Å². The zero-order valence-corrected chi connectivity index (χ0v) is 17.0. The quantitative estimate of drug-likeness (QED) is 0.412. The van der Waals surface area contributed by atoms with Crippen molar-refractivity contribution >= 4 is 35.8 Å². The Morgan fingerprint density at radius 1 is 1.17 bits per heavy atom. The van der Waals surface area contributed by atoms with Crippen molar-refractivity contribution in [1.29, 1.82) is 0 Å². The van der Waals surface area contributed by atoms with Gasteiger partial charge in [-0.15, -0.1) is 24.0 Å². The highest BCUT2D eigenvalue weighted by atomic mass is 127. The maximum Gasteiger partial charge on any atom is 0.223 e. The average molecular weight is 432 g/mol. The second kappa shape index (κ2) is 10.5. The van der Waals surface area contributed by atoms with Crippen molar-refractivity contribution in [3.05, 3.63) is 35.9 Å². The van der Waals surface area contributed by atoms with E-state index in [9.17, 15) is 4.79 Å². The second-order valence-electron chi connectivity index (χ2n) is 6.14. The van der Waals surface area contributed by atoms with E-state index in [1.165, 1.54) is 5.56 Å². The van der Waals surface area contributed by atoms with Crippen molar-refractivity contribution in [2.24, 2.45) is 4.99 Å². The van der Waals surface area contributed by atoms with Crippen LogP contribution in [0.4, 0.5) is 0 Å². The van der Waals surface area contributed by atoms with E-state index in [1.807, 2.05) is 6.07 Å². The van der Waals surface area contributed by atoms with Gasteiger partial charge in [-0.2, -0.15) is 0 Å². The Morgan fingerprint density at radius 2 is 1.78 bits per heavy atom. The van der Waals surface area contributed by atoms with Crippen LogP contribution < -0.4 is 10.6 Å². The number of aliphatic imine (C=N–C) groups is 1. The molecule has 0 saturated carbocycles. The first-order valence-corrected chi connectivity index (χ1v) is 7.57. The normalized spacial score (nSPS) is 11.4. The van der Waals surface area contributed by atoms with Crippen LogP contribution in [0.1, 0.15) is 25.8 Å². The number of carbonyl (C=O) groups is 1. The molecule has 0 saturated heterocycles. The third-order valence-corrected chi connectivity index (χ3v) is 3.61. The van der Waals surface area contributed by atoms with Gasteiger partial charge in [-0.1, -0.05) is 44.2 Å². The minimum absolute atomic E-state index is 0. The van der Waals surface area contributed by atoms with E-state index in [1.54, 1.807) is 26.0 Å². The molecule has 0 aromatic heterocycles. The average Bonchev–Trinajstić information content (AvgIpc) is 2.51. The number of benzene rings is 1. The fourth-order valence-electron chi connectivity index (χ4n) is 2.03. The largest absolute Gasteiger partial charge is 0.356 e. The first kappa shape index (κ1) is 21.7. The molecule has 2 N–H and O–H groups in total. The molecule has 1 rings (SSSR count). The van der Waals surface area contributed by atoms with Crippen LogP contribution in [0, 0.1) is 0 Å². The molecule has 0 aliphatic rings. The van der Waals surface area contributed by atoms with Crippen LogP contribution in [0.5, 0.6) is 0 Å². The summed E-state index contributed by atoms with van der Waals surface area (Å²) in [7, 11) is 5.26. The predicted molar refractivity (Wildman–Crippen MR) is 108 cm³/mol. The predicted octanol–water partition coefficient (Wildman–Crippen LogP) is 2.23. The lowest BCUT2D eigenvalue weighted by Crippen LogP contribution is -2.44. The van der Waals surface area contributed by atoms with Gasteiger partial charge in [0.15, 0.2) is 5.96 Å². The lowest BCUT2D eigenvalue weighted by atomic mass is 9.85. The summed E-state index contributed by atoms with van der Waals surface area (Å²) in [5, 5.41) is 6.50. The Labute approximate surface area is 157 Å². The number of halogens is 1. The van der Waals surface area contributed by atoms with Crippen molar-refractivity contribution in [3.8, 4) is 0 Å². The Bertz CT molecular complexity index is 501. The Morgan fingerprint density at radius 3 is 2.30 bits per heavy atom. The van der Waals surface area contributed by atoms with Gasteiger partial charge in [0.1, 0.15) is 0 Å². The van der Waals surface area contributed by atoms with Crippen LogP contribution in [-0.2, 0) is 10.2 Å². The van der Waals surface area contributed by atoms with Gasteiger partial charge in [-0.3, -0.25) is 9.79 Å². The number of hydrogen-bond acceptors (Lipinski definition) is 2. The molecular weight excluding hydrogens is 403 g/mol. The molecule has 0 aliphatic carbocycles. The zero-order chi connectivity index (χ0) is 16.6. The molecule has 1 aromatic rings. The molecule has 0 spiro atoms. The van der Waals surface area contributed by atoms with Gasteiger partial charge in [0.2, 0.25) is 5.91 Å². The van der Waals surface area contributed by atoms with Gasteiger partial charge in [0.05, 0.1) is 0 Å². The molecule has 0 unspecified atom stereocenters. The van der Waals surface area contributed by atoms with Gasteiger partial charge in [0, 0.05) is 46.1 Å². The maximum absolute atomic E-state index is 11.5. The molecule has 0 atom stereocenters. The molecule has 0 aliphatic heterocycles. The fraction of sp³-hybridized carbons (Fsp3) is 0.529. The highest BCUT2D eigenvalue weighted by Gasteiger charge is 2.20. The number of amides is 1. The van der Waals surface area contributed by atoms with E-state index < -0.39 is 0 Å². The number of guanidine groups is 1. The molecule has 0 radical (unpaired) electrons. The Balaban J connectivity index is 0.00000484. The summed E-state index contributed by atoms with van der Waals surface area (Å²) >= 11 is 0. The summed E-state index contributed by atoms with van der Waals surface area (Å²) < 4.78 is 0. The van der Waals surface area contributed by atoms with Crippen LogP contribution in [0.2, 0.25) is 0 Å². The summed E-state index contributed by atoms with van der Waals surface area (Å²) in [6.45, 7) is 5.72. The van der Waals surface area contributed by atoms with Crippen LogP contribution in [0.15, 0.2) is 35.3 Å². The lowest BCUT2D eigenvalue weighted by molar-refractivity contribution is -0.128. The van der Waals surface area contributed by atoms with Gasteiger partial charge >= 0.3 is 0 Å². The number of rotatable bonds is 6. The second-order valence-corrected chi connectivity index (χ2v) is 6.14. The summed E-state index contributed by atoms with van der Waals surface area (Å²) in [5.41, 5.74) is 1.28.